The zero-order valence-corrected chi connectivity index (χ0v) is 27.5. The van der Waals surface area contributed by atoms with Gasteiger partial charge in [-0.2, -0.15) is 0 Å². The number of azide groups is 1. The first-order chi connectivity index (χ1) is 22.3. The molecule has 0 saturated heterocycles. The van der Waals surface area contributed by atoms with E-state index in [1.54, 1.807) is 66.7 Å². The number of hydrazine groups is 1. The Morgan fingerprint density at radius 2 is 1.83 bits per heavy atom. The molecule has 13 heteroatoms. The molecule has 4 aromatic rings. The van der Waals surface area contributed by atoms with Crippen LogP contribution < -0.4 is 15.6 Å². The minimum atomic E-state index is -1.56. The van der Waals surface area contributed by atoms with E-state index < -0.39 is 17.6 Å². The summed E-state index contributed by atoms with van der Waals surface area (Å²) < 4.78 is 13.0. The predicted octanol–water partition coefficient (Wildman–Crippen LogP) is 7.78. The molecule has 5 rings (SSSR count). The van der Waals surface area contributed by atoms with Crippen LogP contribution in [0.25, 0.3) is 10.4 Å². The van der Waals surface area contributed by atoms with E-state index in [-0.39, 0.29) is 25.5 Å². The van der Waals surface area contributed by atoms with Crippen LogP contribution in [0.3, 0.4) is 0 Å². The molecule has 0 aromatic heterocycles. The number of aliphatic hydroxyl groups excluding tert-OH is 1. The summed E-state index contributed by atoms with van der Waals surface area (Å²) in [5.41, 5.74) is 16.5. The van der Waals surface area contributed by atoms with Gasteiger partial charge >= 0.3 is 0 Å². The van der Waals surface area contributed by atoms with Crippen LogP contribution in [-0.4, -0.2) is 35.7 Å². The van der Waals surface area contributed by atoms with Crippen LogP contribution >= 0.6 is 39.1 Å². The zero-order valence-electron chi connectivity index (χ0n) is 24.4. The van der Waals surface area contributed by atoms with E-state index in [9.17, 15) is 10.3 Å². The lowest BCUT2D eigenvalue weighted by Gasteiger charge is -2.31. The maximum atomic E-state index is 14.5. The topological polar surface area (TPSA) is 141 Å². The second-order valence-corrected chi connectivity index (χ2v) is 12.0. The standard InChI is InChI=1S/C33H29BrCl2N6O4/c34-27-8-3-1-6-22(27)19-33(32(44)41-38-20-23-10-13-24(35)18-28(23)36)30(26-7-2-4-9-29(26)40-42-37)46-31(39-33)21-11-14-25(15-12-21)45-17-5-16-43/h1-4,6-15,18,30,38,43H,5,16-17,19-20H2,(H,41,44)/t30-,33-/m0/s1. The Morgan fingerprint density at radius 3 is 2.57 bits per heavy atom. The van der Waals surface area contributed by atoms with Crippen molar-refractivity contribution in [2.45, 2.75) is 31.0 Å². The Balaban J connectivity index is 1.57. The van der Waals surface area contributed by atoms with Crippen LogP contribution in [0.4, 0.5) is 5.69 Å². The quantitative estimate of drug-likeness (QED) is 0.0425. The van der Waals surface area contributed by atoms with Crippen LogP contribution in [0.15, 0.2) is 106 Å². The van der Waals surface area contributed by atoms with Crippen LogP contribution in [0.1, 0.15) is 34.8 Å². The molecular formula is C33H29BrCl2N6O4. The van der Waals surface area contributed by atoms with Gasteiger partial charge in [0.1, 0.15) is 5.75 Å². The van der Waals surface area contributed by atoms with Gasteiger partial charge in [-0.25, -0.2) is 10.4 Å². The van der Waals surface area contributed by atoms with Crippen molar-refractivity contribution in [2.75, 3.05) is 13.2 Å². The third-order valence-electron chi connectivity index (χ3n) is 7.32. The Morgan fingerprint density at radius 1 is 1.07 bits per heavy atom. The molecule has 1 aliphatic heterocycles. The van der Waals surface area contributed by atoms with E-state index in [1.807, 2.05) is 24.3 Å². The van der Waals surface area contributed by atoms with Crippen molar-refractivity contribution in [3.63, 3.8) is 0 Å². The molecule has 0 spiro atoms. The van der Waals surface area contributed by atoms with Crippen LogP contribution in [0.2, 0.25) is 10.0 Å². The molecule has 0 aliphatic carbocycles. The zero-order chi connectivity index (χ0) is 32.5. The van der Waals surface area contributed by atoms with Crippen molar-refractivity contribution in [1.82, 2.24) is 10.9 Å². The fourth-order valence-corrected chi connectivity index (χ4v) is 5.93. The van der Waals surface area contributed by atoms with Gasteiger partial charge in [-0.05, 0) is 59.1 Å². The monoisotopic (exact) mass is 722 g/mol. The predicted molar refractivity (Wildman–Crippen MR) is 181 cm³/mol. The Labute approximate surface area is 284 Å². The Bertz CT molecular complexity index is 1780. The molecule has 10 nitrogen and oxygen atoms in total. The lowest BCUT2D eigenvalue weighted by atomic mass is 9.81. The number of nitrogens with one attached hydrogen (secondary N) is 2. The molecule has 0 radical (unpaired) electrons. The molecule has 2 atom stereocenters. The number of halogens is 3. The summed E-state index contributed by atoms with van der Waals surface area (Å²) in [5.74, 6) is 0.363. The first-order valence-electron chi connectivity index (χ1n) is 14.3. The van der Waals surface area contributed by atoms with Gasteiger partial charge < -0.3 is 14.6 Å². The van der Waals surface area contributed by atoms with Gasteiger partial charge in [-0.15, -0.1) is 0 Å². The van der Waals surface area contributed by atoms with Crippen molar-refractivity contribution in [3.05, 3.63) is 138 Å². The number of nitrogens with zero attached hydrogens (tertiary/aromatic N) is 4. The van der Waals surface area contributed by atoms with Gasteiger partial charge in [0, 0.05) is 62.2 Å². The highest BCUT2D eigenvalue weighted by molar-refractivity contribution is 9.10. The summed E-state index contributed by atoms with van der Waals surface area (Å²) in [5, 5.41) is 13.9. The molecule has 3 N–H and O–H groups in total. The Hall–Kier alpha value is -4.09. The molecule has 0 saturated carbocycles. The van der Waals surface area contributed by atoms with Gasteiger partial charge in [0.05, 0.1) is 6.61 Å². The minimum absolute atomic E-state index is 0.0325. The second-order valence-electron chi connectivity index (χ2n) is 10.3. The number of aliphatic imine (C=N–C) groups is 1. The summed E-state index contributed by atoms with van der Waals surface area (Å²) >= 11 is 16.0. The number of rotatable bonds is 13. The number of carbonyl (C=O) groups is 1. The highest BCUT2D eigenvalue weighted by atomic mass is 79.9. The number of hydrogen-bond acceptors (Lipinski definition) is 7. The fraction of sp³-hybridized carbons (Fsp3) is 0.212. The first-order valence-corrected chi connectivity index (χ1v) is 15.8. The number of amides is 1. The van der Waals surface area contributed by atoms with Gasteiger partial charge in [0.25, 0.3) is 5.91 Å². The normalized spacial score (nSPS) is 17.0. The molecular weight excluding hydrogens is 695 g/mol. The largest absolute Gasteiger partial charge is 0.494 e. The SMILES string of the molecule is [N-]=[N+]=Nc1ccccc1[C@@H]1OC(c2ccc(OCCCO)cc2)=N[C@]1(Cc1ccccc1Br)C(=O)NNCc1ccc(Cl)cc1Cl. The highest BCUT2D eigenvalue weighted by Crippen LogP contribution is 2.46. The van der Waals surface area contributed by atoms with Crippen molar-refractivity contribution in [2.24, 2.45) is 10.1 Å². The molecule has 0 fully saturated rings. The van der Waals surface area contributed by atoms with Crippen molar-refractivity contribution < 1.29 is 19.4 Å². The van der Waals surface area contributed by atoms with Crippen molar-refractivity contribution in [3.8, 4) is 5.75 Å². The smallest absolute Gasteiger partial charge is 0.266 e. The molecule has 1 aliphatic rings. The Kier molecular flexibility index (Phi) is 11.2. The number of carbonyl (C=O) groups excluding carboxylic acids is 1. The maximum Gasteiger partial charge on any atom is 0.266 e. The molecule has 0 bridgehead atoms. The van der Waals surface area contributed by atoms with Gasteiger partial charge in [-0.1, -0.05) is 92.8 Å². The highest BCUT2D eigenvalue weighted by Gasteiger charge is 2.54. The van der Waals surface area contributed by atoms with E-state index in [2.05, 4.69) is 36.8 Å². The number of hydrogen-bond donors (Lipinski definition) is 3. The lowest BCUT2D eigenvalue weighted by molar-refractivity contribution is -0.130. The fourth-order valence-electron chi connectivity index (χ4n) is 5.03. The summed E-state index contributed by atoms with van der Waals surface area (Å²) in [7, 11) is 0. The van der Waals surface area contributed by atoms with Crippen LogP contribution in [0, 0.1) is 0 Å². The lowest BCUT2D eigenvalue weighted by Crippen LogP contribution is -2.53. The maximum absolute atomic E-state index is 14.5. The van der Waals surface area contributed by atoms with E-state index in [0.717, 1.165) is 15.6 Å². The summed E-state index contributed by atoms with van der Waals surface area (Å²) in [6.07, 6.45) is -0.350. The number of ether oxygens (including phenoxy) is 2. The van der Waals surface area contributed by atoms with Gasteiger partial charge in [0.2, 0.25) is 5.90 Å². The third-order valence-corrected chi connectivity index (χ3v) is 8.68. The van der Waals surface area contributed by atoms with E-state index >= 15 is 0 Å². The second kappa shape index (κ2) is 15.5. The average Bonchev–Trinajstić information content (AvgIpc) is 3.44. The van der Waals surface area contributed by atoms with Crippen molar-refractivity contribution in [1.29, 1.82) is 0 Å². The number of benzene rings is 4. The molecule has 46 heavy (non-hydrogen) atoms. The molecule has 1 heterocycles. The third kappa shape index (κ3) is 7.64. The molecule has 4 aromatic carbocycles. The van der Waals surface area contributed by atoms with E-state index in [4.69, 9.17) is 42.8 Å². The van der Waals surface area contributed by atoms with Crippen LogP contribution in [-0.2, 0) is 22.5 Å². The van der Waals surface area contributed by atoms with Gasteiger partial charge in [0.15, 0.2) is 11.6 Å². The summed E-state index contributed by atoms with van der Waals surface area (Å²) in [6, 6.07) is 26.7. The van der Waals surface area contributed by atoms with Crippen molar-refractivity contribution >= 4 is 56.6 Å². The molecule has 0 unspecified atom stereocenters. The first kappa shape index (κ1) is 33.3. The number of aliphatic hydroxyl groups is 1. The summed E-state index contributed by atoms with van der Waals surface area (Å²) in [4.78, 5) is 22.5. The van der Waals surface area contributed by atoms with Crippen LogP contribution in [0.5, 0.6) is 5.75 Å². The van der Waals surface area contributed by atoms with Gasteiger partial charge in [-0.3, -0.25) is 10.2 Å². The summed E-state index contributed by atoms with van der Waals surface area (Å²) in [6.45, 7) is 0.613. The van der Waals surface area contributed by atoms with E-state index in [0.29, 0.717) is 45.6 Å². The average molecular weight is 724 g/mol. The molecule has 236 valence electrons. The van der Waals surface area contributed by atoms with E-state index in [1.165, 1.54) is 0 Å². The molecule has 1 amide bonds. The minimum Gasteiger partial charge on any atom is -0.494 e.